The maximum atomic E-state index is 13.1. The van der Waals surface area contributed by atoms with Gasteiger partial charge in [-0.15, -0.1) is 0 Å². The second-order valence-electron chi connectivity index (χ2n) is 8.11. The average molecular weight is 467 g/mol. The summed E-state index contributed by atoms with van der Waals surface area (Å²) in [4.78, 5) is 21.3. The van der Waals surface area contributed by atoms with Crippen LogP contribution in [-0.2, 0) is 20.8 Å². The molecular weight excluding hydrogens is 443 g/mol. The van der Waals surface area contributed by atoms with Gasteiger partial charge < -0.3 is 14.8 Å². The molecule has 1 saturated carbocycles. The lowest BCUT2D eigenvalue weighted by Gasteiger charge is -2.36. The van der Waals surface area contributed by atoms with Crippen LogP contribution in [0.4, 0.5) is 24.8 Å². The highest BCUT2D eigenvalue weighted by molar-refractivity contribution is 5.88. The van der Waals surface area contributed by atoms with E-state index in [1.807, 2.05) is 6.92 Å². The number of methoxy groups -OCH3 is 2. The monoisotopic (exact) mass is 467 g/mol. The van der Waals surface area contributed by atoms with Crippen molar-refractivity contribution in [3.05, 3.63) is 23.8 Å². The van der Waals surface area contributed by atoms with E-state index in [4.69, 9.17) is 9.47 Å². The third kappa shape index (κ3) is 4.63. The summed E-state index contributed by atoms with van der Waals surface area (Å²) in [7, 11) is 2.77. The minimum Gasteiger partial charge on any atom is -0.467 e. The molecule has 1 aliphatic rings. The standard InChI is InChI=1S/C20H24F3N7O3/c1-11-8-14(29-28-11)25-16-13-9-24-30(10-20(21,22)23)17(13)27-15(26-16)12-4-6-19(33-3,7-5-12)18(31)32-2/h8-9,12H,4-7,10H2,1-3H3,(H2,25,26,27,28,29). The lowest BCUT2D eigenvalue weighted by Crippen LogP contribution is -2.44. The number of esters is 1. The van der Waals surface area contributed by atoms with Gasteiger partial charge in [-0.3, -0.25) is 5.10 Å². The second kappa shape index (κ2) is 8.61. The maximum Gasteiger partial charge on any atom is 0.408 e. The number of anilines is 2. The number of hydrogen-bond acceptors (Lipinski definition) is 8. The largest absolute Gasteiger partial charge is 0.467 e. The molecule has 3 aromatic heterocycles. The van der Waals surface area contributed by atoms with Crippen LogP contribution in [0.25, 0.3) is 11.0 Å². The molecule has 4 rings (SSSR count). The van der Waals surface area contributed by atoms with Crippen molar-refractivity contribution in [1.29, 1.82) is 0 Å². The Kier molecular flexibility index (Phi) is 5.99. The van der Waals surface area contributed by atoms with Gasteiger partial charge in [0.25, 0.3) is 0 Å². The van der Waals surface area contributed by atoms with Crippen molar-refractivity contribution in [2.75, 3.05) is 19.5 Å². The molecule has 0 atom stereocenters. The number of nitrogens with one attached hydrogen (secondary N) is 2. The number of fused-ring (bicyclic) bond motifs is 1. The van der Waals surface area contributed by atoms with Gasteiger partial charge >= 0.3 is 12.1 Å². The van der Waals surface area contributed by atoms with E-state index in [1.54, 1.807) is 6.07 Å². The molecule has 2 N–H and O–H groups in total. The zero-order valence-electron chi connectivity index (χ0n) is 18.4. The van der Waals surface area contributed by atoms with Crippen molar-refractivity contribution >= 4 is 28.6 Å². The summed E-state index contributed by atoms with van der Waals surface area (Å²) < 4.78 is 50.5. The fourth-order valence-corrected chi connectivity index (χ4v) is 4.16. The molecule has 3 heterocycles. The van der Waals surface area contributed by atoms with E-state index in [0.29, 0.717) is 48.5 Å². The first kappa shape index (κ1) is 23.0. The lowest BCUT2D eigenvalue weighted by molar-refractivity contribution is -0.170. The van der Waals surface area contributed by atoms with Gasteiger partial charge in [-0.1, -0.05) is 0 Å². The minimum absolute atomic E-state index is 0.0728. The number of halogens is 3. The Balaban J connectivity index is 1.70. The number of nitrogens with zero attached hydrogens (tertiary/aromatic N) is 5. The molecule has 0 unspecified atom stereocenters. The molecule has 0 aromatic carbocycles. The molecule has 1 aliphatic carbocycles. The number of H-pyrrole nitrogens is 1. The van der Waals surface area contributed by atoms with Crippen molar-refractivity contribution in [3.8, 4) is 0 Å². The molecule has 10 nitrogen and oxygen atoms in total. The lowest BCUT2D eigenvalue weighted by atomic mass is 9.78. The Morgan fingerprint density at radius 3 is 2.61 bits per heavy atom. The Hall–Kier alpha value is -3.22. The highest BCUT2D eigenvalue weighted by atomic mass is 19.4. The van der Waals surface area contributed by atoms with Crippen LogP contribution in [0, 0.1) is 6.92 Å². The number of aryl methyl sites for hydroxylation is 1. The molecule has 178 valence electrons. The molecule has 0 bridgehead atoms. The van der Waals surface area contributed by atoms with E-state index in [0.717, 1.165) is 10.4 Å². The quantitative estimate of drug-likeness (QED) is 0.530. The van der Waals surface area contributed by atoms with Gasteiger partial charge in [0.15, 0.2) is 17.1 Å². The Bertz CT molecular complexity index is 1150. The number of aromatic nitrogens is 6. The number of carbonyl (C=O) groups is 1. The third-order valence-electron chi connectivity index (χ3n) is 5.90. The Labute approximate surface area is 186 Å². The molecule has 0 aliphatic heterocycles. The topological polar surface area (TPSA) is 120 Å². The SMILES string of the molecule is COC(=O)C1(OC)CCC(c2nc(Nc3cc(C)[nH]n3)c3cnn(CC(F)(F)F)c3n2)CC1. The number of alkyl halides is 3. The summed E-state index contributed by atoms with van der Waals surface area (Å²) in [5.74, 6) is 0.523. The number of hydrogen-bond donors (Lipinski definition) is 2. The summed E-state index contributed by atoms with van der Waals surface area (Å²) in [5, 5.41) is 14.2. The highest BCUT2D eigenvalue weighted by Gasteiger charge is 2.44. The third-order valence-corrected chi connectivity index (χ3v) is 5.90. The van der Waals surface area contributed by atoms with E-state index in [-0.39, 0.29) is 11.6 Å². The number of aromatic amines is 1. The van der Waals surface area contributed by atoms with Gasteiger partial charge in [-0.2, -0.15) is 23.4 Å². The molecule has 0 spiro atoms. The first-order valence-corrected chi connectivity index (χ1v) is 10.4. The van der Waals surface area contributed by atoms with Gasteiger partial charge in [0, 0.05) is 24.8 Å². The zero-order chi connectivity index (χ0) is 23.8. The summed E-state index contributed by atoms with van der Waals surface area (Å²) >= 11 is 0. The fraction of sp³-hybridized carbons (Fsp3) is 0.550. The zero-order valence-corrected chi connectivity index (χ0v) is 18.4. The molecule has 0 saturated heterocycles. The van der Waals surface area contributed by atoms with E-state index < -0.39 is 24.3 Å². The van der Waals surface area contributed by atoms with Crippen LogP contribution < -0.4 is 5.32 Å². The second-order valence-corrected chi connectivity index (χ2v) is 8.11. The predicted octanol–water partition coefficient (Wildman–Crippen LogP) is 3.38. The fourth-order valence-electron chi connectivity index (χ4n) is 4.16. The van der Waals surface area contributed by atoms with E-state index >= 15 is 0 Å². The van der Waals surface area contributed by atoms with Crippen molar-refractivity contribution < 1.29 is 27.4 Å². The van der Waals surface area contributed by atoms with Crippen LogP contribution in [0.1, 0.15) is 43.1 Å². The summed E-state index contributed by atoms with van der Waals surface area (Å²) in [6, 6.07) is 1.75. The van der Waals surface area contributed by atoms with Gasteiger partial charge in [0.05, 0.1) is 18.7 Å². The summed E-state index contributed by atoms with van der Waals surface area (Å²) in [6.07, 6.45) is -1.39. The van der Waals surface area contributed by atoms with Crippen LogP contribution >= 0.6 is 0 Å². The van der Waals surface area contributed by atoms with Crippen LogP contribution in [0.2, 0.25) is 0 Å². The van der Waals surface area contributed by atoms with Crippen molar-refractivity contribution in [2.24, 2.45) is 0 Å². The summed E-state index contributed by atoms with van der Waals surface area (Å²) in [5.41, 5.74) is -0.161. The summed E-state index contributed by atoms with van der Waals surface area (Å²) in [6.45, 7) is 0.555. The van der Waals surface area contributed by atoms with E-state index in [1.165, 1.54) is 20.4 Å². The predicted molar refractivity (Wildman–Crippen MR) is 111 cm³/mol. The van der Waals surface area contributed by atoms with Gasteiger partial charge in [0.2, 0.25) is 0 Å². The molecule has 3 aromatic rings. The van der Waals surface area contributed by atoms with Crippen LogP contribution in [0.15, 0.2) is 12.3 Å². The van der Waals surface area contributed by atoms with E-state index in [2.05, 4.69) is 30.6 Å². The van der Waals surface area contributed by atoms with Gasteiger partial charge in [-0.05, 0) is 32.6 Å². The van der Waals surface area contributed by atoms with Crippen molar-refractivity contribution in [3.63, 3.8) is 0 Å². The Morgan fingerprint density at radius 2 is 2.03 bits per heavy atom. The molecule has 33 heavy (non-hydrogen) atoms. The molecule has 0 amide bonds. The average Bonchev–Trinajstić information content (AvgIpc) is 3.38. The molecule has 13 heteroatoms. The van der Waals surface area contributed by atoms with E-state index in [9.17, 15) is 18.0 Å². The van der Waals surface area contributed by atoms with Crippen LogP contribution in [0.3, 0.4) is 0 Å². The number of rotatable bonds is 6. The minimum atomic E-state index is -4.46. The molecule has 0 radical (unpaired) electrons. The molecule has 1 fully saturated rings. The molecular formula is C20H24F3N7O3. The van der Waals surface area contributed by atoms with Gasteiger partial charge in [0.1, 0.15) is 18.2 Å². The first-order valence-electron chi connectivity index (χ1n) is 10.4. The number of ether oxygens (including phenoxy) is 2. The smallest absolute Gasteiger partial charge is 0.408 e. The Morgan fingerprint density at radius 1 is 1.30 bits per heavy atom. The number of carbonyl (C=O) groups excluding carboxylic acids is 1. The first-order chi connectivity index (χ1) is 15.6. The van der Waals surface area contributed by atoms with Crippen molar-refractivity contribution in [2.45, 2.75) is 56.8 Å². The van der Waals surface area contributed by atoms with Crippen LogP contribution in [-0.4, -0.2) is 61.9 Å². The maximum absolute atomic E-state index is 13.1. The highest BCUT2D eigenvalue weighted by Crippen LogP contribution is 2.40. The van der Waals surface area contributed by atoms with Crippen LogP contribution in [0.5, 0.6) is 0 Å². The van der Waals surface area contributed by atoms with Gasteiger partial charge in [-0.25, -0.2) is 19.4 Å². The van der Waals surface area contributed by atoms with Crippen molar-refractivity contribution in [1.82, 2.24) is 29.9 Å². The normalized spacial score (nSPS) is 21.3.